The van der Waals surface area contributed by atoms with Gasteiger partial charge in [0.1, 0.15) is 0 Å². The summed E-state index contributed by atoms with van der Waals surface area (Å²) in [6.45, 7) is 0. The summed E-state index contributed by atoms with van der Waals surface area (Å²) < 4.78 is 5.24. The molecule has 0 spiro atoms. The van der Waals surface area contributed by atoms with E-state index in [2.05, 4.69) is 12.2 Å². The summed E-state index contributed by atoms with van der Waals surface area (Å²) in [6, 6.07) is 0.241. The van der Waals surface area contributed by atoms with Crippen molar-refractivity contribution >= 4 is 5.91 Å². The normalized spacial score (nSPS) is 24.8. The maximum atomic E-state index is 10.9. The number of β-lactam (4-membered cyclic amide) rings is 1. The first-order valence-electron chi connectivity index (χ1n) is 5.68. The van der Waals surface area contributed by atoms with Gasteiger partial charge in [-0.2, -0.15) is 0 Å². The number of amides is 1. The number of ether oxygens (including phenoxy) is 1. The van der Waals surface area contributed by atoms with E-state index in [1.165, 1.54) is 10.6 Å². The van der Waals surface area contributed by atoms with E-state index in [0.29, 0.717) is 6.42 Å². The van der Waals surface area contributed by atoms with E-state index < -0.39 is 0 Å². The van der Waals surface area contributed by atoms with E-state index in [1.807, 2.05) is 0 Å². The fraction of sp³-hybridized carbons (Fsp3) is 0.583. The van der Waals surface area contributed by atoms with Crippen molar-refractivity contribution in [1.82, 2.24) is 5.01 Å². The molecule has 16 heavy (non-hydrogen) atoms. The highest BCUT2D eigenvalue weighted by molar-refractivity contribution is 5.82. The van der Waals surface area contributed by atoms with Crippen LogP contribution in [0.3, 0.4) is 0 Å². The molecule has 1 fully saturated rings. The van der Waals surface area contributed by atoms with Gasteiger partial charge in [0.25, 0.3) is 0 Å². The Balaban J connectivity index is 1.75. The Morgan fingerprint density at radius 3 is 3.00 bits per heavy atom. The molecule has 2 N–H and O–H groups in total. The molecule has 4 heteroatoms. The van der Waals surface area contributed by atoms with Gasteiger partial charge in [-0.15, -0.1) is 0 Å². The number of nitrogens with two attached hydrogens (primary N) is 1. The van der Waals surface area contributed by atoms with E-state index in [1.54, 1.807) is 7.11 Å². The highest BCUT2D eigenvalue weighted by Gasteiger charge is 2.33. The van der Waals surface area contributed by atoms with E-state index in [9.17, 15) is 4.79 Å². The summed E-state index contributed by atoms with van der Waals surface area (Å²) >= 11 is 0. The van der Waals surface area contributed by atoms with Crippen molar-refractivity contribution in [2.45, 2.75) is 38.1 Å². The van der Waals surface area contributed by atoms with Gasteiger partial charge in [-0.1, -0.05) is 11.6 Å². The van der Waals surface area contributed by atoms with Gasteiger partial charge >= 0.3 is 0 Å². The summed E-state index contributed by atoms with van der Waals surface area (Å²) in [6.07, 6.45) is 8.78. The van der Waals surface area contributed by atoms with Crippen LogP contribution in [-0.2, 0) is 9.53 Å². The molecule has 1 unspecified atom stereocenters. The molecular formula is C12H18N2O2. The number of methoxy groups -OCH3 is 1. The molecule has 2 aliphatic rings. The molecule has 1 atom stereocenters. The molecule has 2 rings (SSSR count). The first kappa shape index (κ1) is 11.2. The van der Waals surface area contributed by atoms with Crippen molar-refractivity contribution in [3.8, 4) is 0 Å². The van der Waals surface area contributed by atoms with Gasteiger partial charge in [0.15, 0.2) is 0 Å². The summed E-state index contributed by atoms with van der Waals surface area (Å²) in [5, 5.41) is 1.36. The average molecular weight is 222 g/mol. The Bertz CT molecular complexity index is 347. The van der Waals surface area contributed by atoms with Crippen LogP contribution in [0.25, 0.3) is 0 Å². The van der Waals surface area contributed by atoms with Crippen molar-refractivity contribution in [3.63, 3.8) is 0 Å². The molecule has 0 aromatic heterocycles. The van der Waals surface area contributed by atoms with E-state index in [4.69, 9.17) is 10.6 Å². The molecule has 88 valence electrons. The molecule has 0 bridgehead atoms. The van der Waals surface area contributed by atoms with Gasteiger partial charge in [0.05, 0.1) is 25.3 Å². The van der Waals surface area contributed by atoms with Crippen LogP contribution in [-0.4, -0.2) is 24.1 Å². The van der Waals surface area contributed by atoms with Crippen LogP contribution in [0.2, 0.25) is 0 Å². The standard InChI is InChI=1S/C12H18N2O2/c1-16-11-4-2-3-9(7-11)5-6-10-8-12(15)14(10)13/h3-4,10H,2,5-8,13H2,1H3. The second kappa shape index (κ2) is 4.70. The third-order valence-electron chi connectivity index (χ3n) is 3.31. The number of hydrazine groups is 1. The van der Waals surface area contributed by atoms with E-state index in [0.717, 1.165) is 31.4 Å². The van der Waals surface area contributed by atoms with Crippen molar-refractivity contribution in [1.29, 1.82) is 0 Å². The van der Waals surface area contributed by atoms with Crippen LogP contribution >= 0.6 is 0 Å². The molecule has 0 saturated carbocycles. The summed E-state index contributed by atoms with van der Waals surface area (Å²) in [5.74, 6) is 6.67. The van der Waals surface area contributed by atoms with Crippen LogP contribution in [0.15, 0.2) is 23.5 Å². The minimum atomic E-state index is 0.0556. The number of nitrogens with zero attached hydrogens (tertiary/aromatic N) is 1. The summed E-state index contributed by atoms with van der Waals surface area (Å²) in [4.78, 5) is 10.9. The first-order valence-corrected chi connectivity index (χ1v) is 5.68. The maximum Gasteiger partial charge on any atom is 0.238 e. The molecule has 1 saturated heterocycles. The summed E-state index contributed by atoms with van der Waals surface area (Å²) in [5.41, 5.74) is 1.40. The largest absolute Gasteiger partial charge is 0.501 e. The molecule has 0 aromatic carbocycles. The Labute approximate surface area is 95.7 Å². The molecule has 0 radical (unpaired) electrons. The molecular weight excluding hydrogens is 204 g/mol. The lowest BCUT2D eigenvalue weighted by Crippen LogP contribution is -2.56. The van der Waals surface area contributed by atoms with Gasteiger partial charge in [-0.25, -0.2) is 5.84 Å². The minimum Gasteiger partial charge on any atom is -0.501 e. The lowest BCUT2D eigenvalue weighted by molar-refractivity contribution is -0.146. The quantitative estimate of drug-likeness (QED) is 0.339. The second-order valence-corrected chi connectivity index (χ2v) is 4.35. The van der Waals surface area contributed by atoms with Crippen LogP contribution in [0.1, 0.15) is 32.1 Å². The third-order valence-corrected chi connectivity index (χ3v) is 3.31. The van der Waals surface area contributed by atoms with E-state index in [-0.39, 0.29) is 11.9 Å². The van der Waals surface area contributed by atoms with Crippen molar-refractivity contribution in [2.75, 3.05) is 7.11 Å². The predicted octanol–water partition coefficient (Wildman–Crippen LogP) is 1.49. The lowest BCUT2D eigenvalue weighted by atomic mass is 9.93. The fourth-order valence-electron chi connectivity index (χ4n) is 2.16. The van der Waals surface area contributed by atoms with Gasteiger partial charge in [0, 0.05) is 6.42 Å². The first-order chi connectivity index (χ1) is 7.70. The number of hydrogen-bond acceptors (Lipinski definition) is 3. The zero-order chi connectivity index (χ0) is 11.5. The van der Waals surface area contributed by atoms with Crippen molar-refractivity contribution in [2.24, 2.45) is 5.84 Å². The zero-order valence-electron chi connectivity index (χ0n) is 9.61. The van der Waals surface area contributed by atoms with Crippen molar-refractivity contribution in [3.05, 3.63) is 23.5 Å². The van der Waals surface area contributed by atoms with Crippen LogP contribution in [0.4, 0.5) is 0 Å². The van der Waals surface area contributed by atoms with Crippen molar-refractivity contribution < 1.29 is 9.53 Å². The van der Waals surface area contributed by atoms with Gasteiger partial charge in [-0.05, 0) is 25.3 Å². The van der Waals surface area contributed by atoms with Crippen LogP contribution in [0.5, 0.6) is 0 Å². The number of rotatable bonds is 4. The Morgan fingerprint density at radius 2 is 2.38 bits per heavy atom. The molecule has 1 amide bonds. The van der Waals surface area contributed by atoms with E-state index >= 15 is 0 Å². The van der Waals surface area contributed by atoms with Gasteiger partial charge in [0.2, 0.25) is 5.91 Å². The van der Waals surface area contributed by atoms with Crippen LogP contribution < -0.4 is 5.84 Å². The lowest BCUT2D eigenvalue weighted by Gasteiger charge is -2.36. The molecule has 1 aliphatic heterocycles. The number of carbonyl (C=O) groups is 1. The fourth-order valence-corrected chi connectivity index (χ4v) is 2.16. The Morgan fingerprint density at radius 1 is 1.56 bits per heavy atom. The average Bonchev–Trinajstić information content (AvgIpc) is 2.34. The SMILES string of the molecule is COC1=CCC=C(CCC2CC(=O)N2N)C1. The molecule has 1 heterocycles. The Hall–Kier alpha value is -1.29. The number of carbonyl (C=O) groups excluding carboxylic acids is 1. The molecule has 1 aliphatic carbocycles. The van der Waals surface area contributed by atoms with Gasteiger partial charge < -0.3 is 4.74 Å². The zero-order valence-corrected chi connectivity index (χ0v) is 9.61. The summed E-state index contributed by atoms with van der Waals surface area (Å²) in [7, 11) is 1.71. The Kier molecular flexibility index (Phi) is 3.29. The number of allylic oxidation sites excluding steroid dienone is 3. The number of hydrogen-bond donors (Lipinski definition) is 1. The third kappa shape index (κ3) is 2.27. The maximum absolute atomic E-state index is 10.9. The highest BCUT2D eigenvalue weighted by Crippen LogP contribution is 2.26. The smallest absolute Gasteiger partial charge is 0.238 e. The second-order valence-electron chi connectivity index (χ2n) is 4.35. The molecule has 4 nitrogen and oxygen atoms in total. The topological polar surface area (TPSA) is 55.6 Å². The van der Waals surface area contributed by atoms with Crippen LogP contribution in [0, 0.1) is 0 Å². The monoisotopic (exact) mass is 222 g/mol. The minimum absolute atomic E-state index is 0.0556. The molecule has 0 aromatic rings. The van der Waals surface area contributed by atoms with Gasteiger partial charge in [-0.3, -0.25) is 9.80 Å². The highest BCUT2D eigenvalue weighted by atomic mass is 16.5. The predicted molar refractivity (Wildman–Crippen MR) is 61.1 cm³/mol.